The largest absolute Gasteiger partial charge is 0.508 e. The predicted octanol–water partition coefficient (Wildman–Crippen LogP) is 5.66. The maximum Gasteiger partial charge on any atom is 0.248 e. The van der Waals surface area contributed by atoms with Crippen LogP contribution in [0.2, 0.25) is 0 Å². The SMILES string of the molecule is O=C(/C=C/c1ccc(O)cc1)Nc1ccc2oc3ccc(NC(=O)/C=C/c4ccc(O)cc4)cc3c(=O)c2c1. The van der Waals surface area contributed by atoms with Gasteiger partial charge in [0.1, 0.15) is 22.7 Å². The van der Waals surface area contributed by atoms with Gasteiger partial charge in [0.2, 0.25) is 17.2 Å². The van der Waals surface area contributed by atoms with Crippen LogP contribution >= 0.6 is 0 Å². The minimum absolute atomic E-state index is 0.135. The zero-order chi connectivity index (χ0) is 27.4. The standard InChI is InChI=1S/C31H22N2O6/c34-23-9-1-19(2-10-23)5-15-29(36)32-21-7-13-27-25(17-21)31(38)26-18-22(8-14-28(26)39-27)33-30(37)16-6-20-3-11-24(35)12-4-20/h1-18,34-35H,(H,32,36)(H,33,37)/b15-5+,16-6+. The summed E-state index contributed by atoms with van der Waals surface area (Å²) in [6.07, 6.45) is 5.91. The second-order valence-electron chi connectivity index (χ2n) is 8.68. The highest BCUT2D eigenvalue weighted by Crippen LogP contribution is 2.24. The van der Waals surface area contributed by atoms with Gasteiger partial charge in [-0.1, -0.05) is 24.3 Å². The number of anilines is 2. The molecule has 2 amide bonds. The van der Waals surface area contributed by atoms with Crippen molar-refractivity contribution in [3.8, 4) is 11.5 Å². The Morgan fingerprint density at radius 3 is 1.44 bits per heavy atom. The summed E-state index contributed by atoms with van der Waals surface area (Å²) in [6.45, 7) is 0. The molecule has 0 unspecified atom stereocenters. The Morgan fingerprint density at radius 1 is 0.615 bits per heavy atom. The van der Waals surface area contributed by atoms with E-state index in [0.29, 0.717) is 22.5 Å². The van der Waals surface area contributed by atoms with Crippen molar-refractivity contribution in [1.29, 1.82) is 0 Å². The van der Waals surface area contributed by atoms with E-state index in [-0.39, 0.29) is 27.7 Å². The topological polar surface area (TPSA) is 129 Å². The number of carbonyl (C=O) groups is 2. The van der Waals surface area contributed by atoms with Gasteiger partial charge in [-0.05, 0) is 83.9 Å². The highest BCUT2D eigenvalue weighted by Gasteiger charge is 2.11. The summed E-state index contributed by atoms with van der Waals surface area (Å²) >= 11 is 0. The molecular formula is C31H22N2O6. The third-order valence-corrected chi connectivity index (χ3v) is 5.84. The number of fused-ring (bicyclic) bond motifs is 2. The van der Waals surface area contributed by atoms with Gasteiger partial charge in [0.15, 0.2) is 0 Å². The van der Waals surface area contributed by atoms with Crippen molar-refractivity contribution in [2.75, 3.05) is 10.6 Å². The summed E-state index contributed by atoms with van der Waals surface area (Å²) in [5, 5.41) is 24.7. The second-order valence-corrected chi connectivity index (χ2v) is 8.68. The first kappa shape index (κ1) is 25.0. The molecular weight excluding hydrogens is 496 g/mol. The summed E-state index contributed by atoms with van der Waals surface area (Å²) in [5.41, 5.74) is 2.73. The van der Waals surface area contributed by atoms with E-state index in [0.717, 1.165) is 11.1 Å². The third kappa shape index (κ3) is 6.03. The number of nitrogens with one attached hydrogen (secondary N) is 2. The van der Waals surface area contributed by atoms with Gasteiger partial charge in [0, 0.05) is 23.5 Å². The lowest BCUT2D eigenvalue weighted by molar-refractivity contribution is -0.112. The molecule has 8 nitrogen and oxygen atoms in total. The van der Waals surface area contributed by atoms with Crippen molar-refractivity contribution in [3.63, 3.8) is 0 Å². The van der Waals surface area contributed by atoms with Crippen molar-refractivity contribution in [1.82, 2.24) is 0 Å². The Hall–Kier alpha value is -5.63. The third-order valence-electron chi connectivity index (χ3n) is 5.84. The van der Waals surface area contributed by atoms with Crippen LogP contribution in [0.25, 0.3) is 34.1 Å². The molecule has 0 aliphatic heterocycles. The Morgan fingerprint density at radius 2 is 1.03 bits per heavy atom. The zero-order valence-electron chi connectivity index (χ0n) is 20.4. The molecule has 4 N–H and O–H groups in total. The van der Waals surface area contributed by atoms with Gasteiger partial charge in [-0.15, -0.1) is 0 Å². The number of amides is 2. The van der Waals surface area contributed by atoms with Crippen LogP contribution in [0, 0.1) is 0 Å². The fourth-order valence-electron chi connectivity index (χ4n) is 3.89. The average Bonchev–Trinajstić information content (AvgIpc) is 2.93. The zero-order valence-corrected chi connectivity index (χ0v) is 20.4. The molecule has 5 rings (SSSR count). The van der Waals surface area contributed by atoms with Gasteiger partial charge in [0.05, 0.1) is 10.8 Å². The number of rotatable bonds is 6. The number of phenolic OH excluding ortho intramolecular Hbond substituents is 2. The molecule has 0 aliphatic rings. The van der Waals surface area contributed by atoms with Crippen LogP contribution in [0.4, 0.5) is 11.4 Å². The number of hydrogen-bond acceptors (Lipinski definition) is 6. The molecule has 0 saturated carbocycles. The quantitative estimate of drug-likeness (QED) is 0.170. The minimum atomic E-state index is -0.391. The Labute approximate surface area is 222 Å². The number of aromatic hydroxyl groups is 2. The first-order valence-electron chi connectivity index (χ1n) is 11.9. The van der Waals surface area contributed by atoms with Crippen LogP contribution < -0.4 is 16.1 Å². The molecule has 0 saturated heterocycles. The van der Waals surface area contributed by atoms with Gasteiger partial charge in [-0.25, -0.2) is 0 Å². The fraction of sp³-hybridized carbons (Fsp3) is 0. The Balaban J connectivity index is 1.34. The van der Waals surface area contributed by atoms with Crippen LogP contribution in [-0.2, 0) is 9.59 Å². The summed E-state index contributed by atoms with van der Waals surface area (Å²) in [7, 11) is 0. The molecule has 0 bridgehead atoms. The number of benzene rings is 4. The van der Waals surface area contributed by atoms with Gasteiger partial charge in [0.25, 0.3) is 0 Å². The van der Waals surface area contributed by atoms with E-state index in [1.807, 2.05) is 0 Å². The lowest BCUT2D eigenvalue weighted by Gasteiger charge is -2.07. The number of carbonyl (C=O) groups excluding carboxylic acids is 2. The lowest BCUT2D eigenvalue weighted by Crippen LogP contribution is -2.10. The number of hydrogen-bond donors (Lipinski definition) is 4. The van der Waals surface area contributed by atoms with E-state index >= 15 is 0 Å². The van der Waals surface area contributed by atoms with Crippen LogP contribution in [0.5, 0.6) is 11.5 Å². The molecule has 0 spiro atoms. The Bertz CT molecular complexity index is 1690. The van der Waals surface area contributed by atoms with Gasteiger partial charge >= 0.3 is 0 Å². The molecule has 0 aliphatic carbocycles. The summed E-state index contributed by atoms with van der Waals surface area (Å²) in [4.78, 5) is 38.1. The highest BCUT2D eigenvalue weighted by molar-refractivity contribution is 6.04. The molecule has 1 aromatic heterocycles. The van der Waals surface area contributed by atoms with Crippen molar-refractivity contribution in [2.24, 2.45) is 0 Å². The van der Waals surface area contributed by atoms with E-state index < -0.39 is 11.8 Å². The van der Waals surface area contributed by atoms with Gasteiger partial charge in [-0.2, -0.15) is 0 Å². The molecule has 8 heteroatoms. The molecule has 5 aromatic rings. The summed E-state index contributed by atoms with van der Waals surface area (Å²) in [5.74, 6) is -0.511. The molecule has 4 aromatic carbocycles. The van der Waals surface area contributed by atoms with Crippen molar-refractivity contribution in [3.05, 3.63) is 118 Å². The lowest BCUT2D eigenvalue weighted by atomic mass is 10.1. The molecule has 1 heterocycles. The molecule has 0 atom stereocenters. The van der Waals surface area contributed by atoms with Crippen LogP contribution in [0.1, 0.15) is 11.1 Å². The highest BCUT2D eigenvalue weighted by atomic mass is 16.3. The van der Waals surface area contributed by atoms with Gasteiger partial charge in [-0.3, -0.25) is 14.4 Å². The molecule has 0 radical (unpaired) electrons. The fourth-order valence-corrected chi connectivity index (χ4v) is 3.89. The first-order chi connectivity index (χ1) is 18.8. The van der Waals surface area contributed by atoms with Crippen molar-refractivity contribution < 1.29 is 24.2 Å². The maximum absolute atomic E-state index is 13.3. The van der Waals surface area contributed by atoms with Crippen LogP contribution in [-0.4, -0.2) is 22.0 Å². The smallest absolute Gasteiger partial charge is 0.248 e. The Kier molecular flexibility index (Phi) is 6.92. The van der Waals surface area contributed by atoms with E-state index in [1.54, 1.807) is 72.8 Å². The number of phenols is 2. The van der Waals surface area contributed by atoms with Crippen LogP contribution in [0.3, 0.4) is 0 Å². The van der Waals surface area contributed by atoms with E-state index in [1.165, 1.54) is 36.4 Å². The van der Waals surface area contributed by atoms with E-state index in [9.17, 15) is 24.6 Å². The van der Waals surface area contributed by atoms with Crippen LogP contribution in [0.15, 0.2) is 106 Å². The molecule has 192 valence electrons. The minimum Gasteiger partial charge on any atom is -0.508 e. The predicted molar refractivity (Wildman–Crippen MR) is 152 cm³/mol. The molecule has 0 fully saturated rings. The summed E-state index contributed by atoms with van der Waals surface area (Å²) < 4.78 is 5.88. The van der Waals surface area contributed by atoms with Gasteiger partial charge < -0.3 is 25.3 Å². The summed E-state index contributed by atoms with van der Waals surface area (Å²) in [6, 6.07) is 22.4. The molecule has 39 heavy (non-hydrogen) atoms. The van der Waals surface area contributed by atoms with E-state index in [4.69, 9.17) is 4.42 Å². The normalized spacial score (nSPS) is 11.4. The van der Waals surface area contributed by atoms with Crippen molar-refractivity contribution in [2.45, 2.75) is 0 Å². The first-order valence-corrected chi connectivity index (χ1v) is 11.9. The average molecular weight is 519 g/mol. The van der Waals surface area contributed by atoms with Crippen molar-refractivity contribution >= 4 is 57.3 Å². The monoisotopic (exact) mass is 518 g/mol. The van der Waals surface area contributed by atoms with E-state index in [2.05, 4.69) is 10.6 Å². The second kappa shape index (κ2) is 10.8. The maximum atomic E-state index is 13.3.